The van der Waals surface area contributed by atoms with Crippen LogP contribution >= 0.6 is 0 Å². The van der Waals surface area contributed by atoms with Gasteiger partial charge in [-0.15, -0.1) is 0 Å². The predicted octanol–water partition coefficient (Wildman–Crippen LogP) is 1.01. The number of nitrogens with zero attached hydrogens (tertiary/aromatic N) is 1. The predicted molar refractivity (Wildman–Crippen MR) is 60.9 cm³/mol. The summed E-state index contributed by atoms with van der Waals surface area (Å²) in [7, 11) is 0. The van der Waals surface area contributed by atoms with Gasteiger partial charge in [-0.3, -0.25) is 4.99 Å². The molecule has 1 saturated carbocycles. The molecule has 2 aliphatic rings. The molecule has 1 aliphatic heterocycles. The van der Waals surface area contributed by atoms with Crippen LogP contribution in [0.15, 0.2) is 4.99 Å². The summed E-state index contributed by atoms with van der Waals surface area (Å²) in [6, 6.07) is 0.448. The van der Waals surface area contributed by atoms with Crippen molar-refractivity contribution in [1.29, 1.82) is 0 Å². The molecule has 0 aromatic carbocycles. The molecule has 0 bridgehead atoms. The van der Waals surface area contributed by atoms with Crippen LogP contribution in [0.1, 0.15) is 39.0 Å². The van der Waals surface area contributed by atoms with E-state index in [2.05, 4.69) is 17.2 Å². The lowest BCUT2D eigenvalue weighted by Crippen LogP contribution is -2.50. The van der Waals surface area contributed by atoms with Gasteiger partial charge in [-0.05, 0) is 26.2 Å². The summed E-state index contributed by atoms with van der Waals surface area (Å²) in [4.78, 5) is 4.51. The van der Waals surface area contributed by atoms with Gasteiger partial charge in [0.2, 0.25) is 0 Å². The fraction of sp³-hybridized carbons (Fsp3) is 0.909. The van der Waals surface area contributed by atoms with Crippen LogP contribution in [0.2, 0.25) is 0 Å². The Labute approximate surface area is 91.3 Å². The van der Waals surface area contributed by atoms with Gasteiger partial charge in [0.05, 0.1) is 18.2 Å². The minimum Gasteiger partial charge on any atom is -0.379 e. The Hall–Kier alpha value is -0.770. The summed E-state index contributed by atoms with van der Waals surface area (Å²) < 4.78 is 5.36. The van der Waals surface area contributed by atoms with Crippen LogP contribution in [-0.2, 0) is 4.74 Å². The summed E-state index contributed by atoms with van der Waals surface area (Å²) in [5.41, 5.74) is 5.89. The molecule has 0 radical (unpaired) electrons. The minimum atomic E-state index is -0.00775. The van der Waals surface area contributed by atoms with E-state index in [1.165, 1.54) is 25.7 Å². The van der Waals surface area contributed by atoms with Gasteiger partial charge in [0, 0.05) is 6.61 Å². The first-order valence-corrected chi connectivity index (χ1v) is 5.87. The molecule has 0 aromatic rings. The Bertz CT molecular complexity index is 240. The van der Waals surface area contributed by atoms with Gasteiger partial charge in [0.1, 0.15) is 0 Å². The molecular formula is C11H21N3O. The van der Waals surface area contributed by atoms with E-state index >= 15 is 0 Å². The van der Waals surface area contributed by atoms with E-state index in [-0.39, 0.29) is 5.54 Å². The molecule has 2 rings (SSSR count). The van der Waals surface area contributed by atoms with Gasteiger partial charge in [0.15, 0.2) is 5.96 Å². The topological polar surface area (TPSA) is 59.6 Å². The zero-order valence-corrected chi connectivity index (χ0v) is 9.46. The average molecular weight is 211 g/mol. The highest BCUT2D eigenvalue weighted by molar-refractivity contribution is 5.78. The van der Waals surface area contributed by atoms with Crippen molar-refractivity contribution in [2.24, 2.45) is 10.7 Å². The molecule has 86 valence electrons. The maximum Gasteiger partial charge on any atom is 0.189 e. The van der Waals surface area contributed by atoms with Gasteiger partial charge in [-0.25, -0.2) is 0 Å². The van der Waals surface area contributed by atoms with E-state index in [4.69, 9.17) is 10.5 Å². The quantitative estimate of drug-likeness (QED) is 0.529. The number of aliphatic imine (C=N–C) groups is 1. The Balaban J connectivity index is 1.87. The zero-order chi connectivity index (χ0) is 10.7. The summed E-state index contributed by atoms with van der Waals surface area (Å²) in [6.45, 7) is 3.69. The van der Waals surface area contributed by atoms with Crippen LogP contribution in [-0.4, -0.2) is 30.8 Å². The maximum atomic E-state index is 5.90. The van der Waals surface area contributed by atoms with Gasteiger partial charge < -0.3 is 15.8 Å². The molecule has 4 heteroatoms. The van der Waals surface area contributed by atoms with E-state index in [0.29, 0.717) is 12.0 Å². The second kappa shape index (κ2) is 4.39. The van der Waals surface area contributed by atoms with Gasteiger partial charge >= 0.3 is 0 Å². The SMILES string of the molecule is CC1(NC(N)=NC2CCCC2)CCOC1. The Morgan fingerprint density at radius 2 is 2.20 bits per heavy atom. The monoisotopic (exact) mass is 211 g/mol. The van der Waals surface area contributed by atoms with E-state index in [9.17, 15) is 0 Å². The third-order valence-electron chi connectivity index (χ3n) is 3.30. The molecular weight excluding hydrogens is 190 g/mol. The molecule has 3 N–H and O–H groups in total. The number of nitrogens with one attached hydrogen (secondary N) is 1. The standard InChI is InChI=1S/C11H21N3O/c1-11(6-7-15-8-11)14-10(12)13-9-4-2-3-5-9/h9H,2-8H2,1H3,(H3,12,13,14). The van der Waals surface area contributed by atoms with E-state index < -0.39 is 0 Å². The molecule has 1 aliphatic carbocycles. The van der Waals surface area contributed by atoms with Crippen molar-refractivity contribution in [1.82, 2.24) is 5.32 Å². The molecule has 0 amide bonds. The summed E-state index contributed by atoms with van der Waals surface area (Å²) in [5.74, 6) is 0.593. The van der Waals surface area contributed by atoms with E-state index in [0.717, 1.165) is 19.6 Å². The van der Waals surface area contributed by atoms with Crippen molar-refractivity contribution in [3.63, 3.8) is 0 Å². The first-order chi connectivity index (χ1) is 7.18. The third-order valence-corrected chi connectivity index (χ3v) is 3.30. The minimum absolute atomic E-state index is 0.00775. The number of hydrogen-bond acceptors (Lipinski definition) is 2. The molecule has 4 nitrogen and oxygen atoms in total. The Kier molecular flexibility index (Phi) is 3.14. The molecule has 0 spiro atoms. The van der Waals surface area contributed by atoms with Crippen molar-refractivity contribution in [2.75, 3.05) is 13.2 Å². The number of nitrogens with two attached hydrogens (primary N) is 1. The van der Waals surface area contributed by atoms with E-state index in [1.54, 1.807) is 0 Å². The first kappa shape index (κ1) is 10.7. The molecule has 1 unspecified atom stereocenters. The third kappa shape index (κ3) is 2.84. The van der Waals surface area contributed by atoms with E-state index in [1.807, 2.05) is 0 Å². The summed E-state index contributed by atoms with van der Waals surface area (Å²) in [5, 5.41) is 3.28. The summed E-state index contributed by atoms with van der Waals surface area (Å²) in [6.07, 6.45) is 5.97. The zero-order valence-electron chi connectivity index (χ0n) is 9.46. The Morgan fingerprint density at radius 1 is 1.47 bits per heavy atom. The lowest BCUT2D eigenvalue weighted by molar-refractivity contribution is 0.177. The van der Waals surface area contributed by atoms with Crippen molar-refractivity contribution >= 4 is 5.96 Å². The van der Waals surface area contributed by atoms with Gasteiger partial charge in [-0.1, -0.05) is 12.8 Å². The molecule has 1 atom stereocenters. The highest BCUT2D eigenvalue weighted by atomic mass is 16.5. The van der Waals surface area contributed by atoms with Gasteiger partial charge in [-0.2, -0.15) is 0 Å². The van der Waals surface area contributed by atoms with Crippen molar-refractivity contribution in [3.05, 3.63) is 0 Å². The fourth-order valence-electron chi connectivity index (χ4n) is 2.34. The maximum absolute atomic E-state index is 5.90. The summed E-state index contributed by atoms with van der Waals surface area (Å²) >= 11 is 0. The van der Waals surface area contributed by atoms with Crippen LogP contribution < -0.4 is 11.1 Å². The first-order valence-electron chi connectivity index (χ1n) is 5.87. The average Bonchev–Trinajstić information content (AvgIpc) is 2.76. The highest BCUT2D eigenvalue weighted by Gasteiger charge is 2.30. The number of hydrogen-bond donors (Lipinski definition) is 2. The van der Waals surface area contributed by atoms with Crippen LogP contribution in [0.3, 0.4) is 0 Å². The van der Waals surface area contributed by atoms with Crippen LogP contribution in [0.25, 0.3) is 0 Å². The molecule has 15 heavy (non-hydrogen) atoms. The highest BCUT2D eigenvalue weighted by Crippen LogP contribution is 2.21. The largest absolute Gasteiger partial charge is 0.379 e. The number of guanidine groups is 1. The molecule has 1 saturated heterocycles. The molecule has 2 fully saturated rings. The van der Waals surface area contributed by atoms with Crippen molar-refractivity contribution in [2.45, 2.75) is 50.6 Å². The molecule has 0 aromatic heterocycles. The van der Waals surface area contributed by atoms with Gasteiger partial charge in [0.25, 0.3) is 0 Å². The van der Waals surface area contributed by atoms with Crippen molar-refractivity contribution < 1.29 is 4.74 Å². The van der Waals surface area contributed by atoms with Crippen molar-refractivity contribution in [3.8, 4) is 0 Å². The second-order valence-corrected chi connectivity index (χ2v) is 4.94. The lowest BCUT2D eigenvalue weighted by atomic mass is 10.0. The molecule has 1 heterocycles. The fourth-order valence-corrected chi connectivity index (χ4v) is 2.34. The Morgan fingerprint density at radius 3 is 2.80 bits per heavy atom. The van der Waals surface area contributed by atoms with Crippen LogP contribution in [0, 0.1) is 0 Å². The number of ether oxygens (including phenoxy) is 1. The second-order valence-electron chi connectivity index (χ2n) is 4.94. The lowest BCUT2D eigenvalue weighted by Gasteiger charge is -2.24. The number of rotatable bonds is 2. The van der Waals surface area contributed by atoms with Crippen LogP contribution in [0.4, 0.5) is 0 Å². The normalized spacial score (nSPS) is 33.5. The smallest absolute Gasteiger partial charge is 0.189 e. The van der Waals surface area contributed by atoms with Crippen LogP contribution in [0.5, 0.6) is 0 Å².